The molecule has 1 aromatic carbocycles. The Bertz CT molecular complexity index is 337. The van der Waals surface area contributed by atoms with Crippen molar-refractivity contribution in [2.45, 2.75) is 13.3 Å². The average molecular weight is 194 g/mol. The topological polar surface area (TPSA) is 55.2 Å². The lowest BCUT2D eigenvalue weighted by molar-refractivity contribution is -0.385. The van der Waals surface area contributed by atoms with Crippen molar-refractivity contribution in [2.24, 2.45) is 0 Å². The monoisotopic (exact) mass is 194 g/mol. The Balaban J connectivity index is 3.02. The lowest BCUT2D eigenvalue weighted by Crippen LogP contribution is -2.12. The number of nitro groups is 1. The number of aryl methyl sites for hydroxylation is 1. The van der Waals surface area contributed by atoms with E-state index in [1.165, 1.54) is 0 Å². The fourth-order valence-electron chi connectivity index (χ4n) is 1.43. The van der Waals surface area contributed by atoms with E-state index >= 15 is 0 Å². The highest BCUT2D eigenvalue weighted by Crippen LogP contribution is 2.21. The molecule has 0 radical (unpaired) electrons. The molecule has 0 spiro atoms. The average Bonchev–Trinajstić information content (AvgIpc) is 2.15. The molecular weight excluding hydrogens is 180 g/mol. The van der Waals surface area contributed by atoms with E-state index in [4.69, 9.17) is 0 Å². The van der Waals surface area contributed by atoms with Crippen LogP contribution >= 0.6 is 0 Å². The molecule has 76 valence electrons. The van der Waals surface area contributed by atoms with Crippen LogP contribution in [0.3, 0.4) is 0 Å². The minimum Gasteiger partial charge on any atom is -0.319 e. The van der Waals surface area contributed by atoms with Crippen molar-refractivity contribution in [3.8, 4) is 0 Å². The van der Waals surface area contributed by atoms with Gasteiger partial charge in [0.25, 0.3) is 5.69 Å². The maximum atomic E-state index is 10.7. The number of benzene rings is 1. The van der Waals surface area contributed by atoms with Crippen molar-refractivity contribution in [3.63, 3.8) is 0 Å². The highest BCUT2D eigenvalue weighted by molar-refractivity contribution is 5.45. The summed E-state index contributed by atoms with van der Waals surface area (Å²) < 4.78 is 0. The second-order valence-electron chi connectivity index (χ2n) is 3.18. The van der Waals surface area contributed by atoms with Gasteiger partial charge in [-0.15, -0.1) is 0 Å². The summed E-state index contributed by atoms with van der Waals surface area (Å²) in [6.07, 6.45) is 0.694. The Kier molecular flexibility index (Phi) is 3.59. The second-order valence-corrected chi connectivity index (χ2v) is 3.18. The van der Waals surface area contributed by atoms with Crippen LogP contribution in [0, 0.1) is 17.0 Å². The first-order chi connectivity index (χ1) is 6.66. The molecule has 0 aliphatic heterocycles. The van der Waals surface area contributed by atoms with E-state index < -0.39 is 0 Å². The van der Waals surface area contributed by atoms with Gasteiger partial charge in [0, 0.05) is 11.6 Å². The van der Waals surface area contributed by atoms with Gasteiger partial charge in [0.05, 0.1) is 4.92 Å². The van der Waals surface area contributed by atoms with Gasteiger partial charge in [-0.25, -0.2) is 0 Å². The predicted molar refractivity (Wildman–Crippen MR) is 55.5 cm³/mol. The second kappa shape index (κ2) is 4.72. The zero-order valence-corrected chi connectivity index (χ0v) is 8.41. The van der Waals surface area contributed by atoms with E-state index in [2.05, 4.69) is 5.32 Å². The molecule has 0 saturated heterocycles. The Morgan fingerprint density at radius 2 is 2.21 bits per heavy atom. The fourth-order valence-corrected chi connectivity index (χ4v) is 1.43. The van der Waals surface area contributed by atoms with E-state index in [1.807, 2.05) is 20.0 Å². The third-order valence-electron chi connectivity index (χ3n) is 2.21. The molecule has 0 aliphatic rings. The standard InChI is InChI=1S/C10H14N2O2/c1-8-4-3-5-10(12(13)14)9(8)6-7-11-2/h3-5,11H,6-7H2,1-2H3. The highest BCUT2D eigenvalue weighted by atomic mass is 16.6. The molecule has 0 amide bonds. The summed E-state index contributed by atoms with van der Waals surface area (Å²) in [7, 11) is 1.84. The zero-order valence-electron chi connectivity index (χ0n) is 8.41. The molecule has 0 fully saturated rings. The van der Waals surface area contributed by atoms with Crippen molar-refractivity contribution in [1.82, 2.24) is 5.32 Å². The van der Waals surface area contributed by atoms with E-state index in [9.17, 15) is 10.1 Å². The van der Waals surface area contributed by atoms with Crippen LogP contribution in [0.4, 0.5) is 5.69 Å². The largest absolute Gasteiger partial charge is 0.319 e. The number of likely N-dealkylation sites (N-methyl/N-ethyl adjacent to an activating group) is 1. The van der Waals surface area contributed by atoms with Gasteiger partial charge in [-0.05, 0) is 32.5 Å². The summed E-state index contributed by atoms with van der Waals surface area (Å²) in [5.41, 5.74) is 2.03. The van der Waals surface area contributed by atoms with Crippen molar-refractivity contribution in [2.75, 3.05) is 13.6 Å². The van der Waals surface area contributed by atoms with Crippen LogP contribution in [-0.4, -0.2) is 18.5 Å². The van der Waals surface area contributed by atoms with E-state index in [0.717, 1.165) is 17.7 Å². The highest BCUT2D eigenvalue weighted by Gasteiger charge is 2.13. The molecule has 4 heteroatoms. The molecule has 0 saturated carbocycles. The lowest BCUT2D eigenvalue weighted by atomic mass is 10.0. The molecule has 0 heterocycles. The first-order valence-corrected chi connectivity index (χ1v) is 4.54. The summed E-state index contributed by atoms with van der Waals surface area (Å²) in [4.78, 5) is 10.4. The number of hydrogen-bond donors (Lipinski definition) is 1. The van der Waals surface area contributed by atoms with Crippen LogP contribution in [-0.2, 0) is 6.42 Å². The number of nitrogens with one attached hydrogen (secondary N) is 1. The number of rotatable bonds is 4. The first kappa shape index (κ1) is 10.7. The molecule has 0 aromatic heterocycles. The molecule has 0 atom stereocenters. The Morgan fingerprint density at radius 3 is 2.79 bits per heavy atom. The summed E-state index contributed by atoms with van der Waals surface area (Å²) in [6.45, 7) is 2.66. The molecular formula is C10H14N2O2. The van der Waals surface area contributed by atoms with Crippen LogP contribution in [0.1, 0.15) is 11.1 Å². The third-order valence-corrected chi connectivity index (χ3v) is 2.21. The summed E-state index contributed by atoms with van der Waals surface area (Å²) in [5, 5.41) is 13.7. The minimum absolute atomic E-state index is 0.222. The van der Waals surface area contributed by atoms with Crippen molar-refractivity contribution in [3.05, 3.63) is 39.4 Å². The smallest absolute Gasteiger partial charge is 0.272 e. The van der Waals surface area contributed by atoms with Crippen molar-refractivity contribution < 1.29 is 4.92 Å². The molecule has 0 unspecified atom stereocenters. The molecule has 1 N–H and O–H groups in total. The molecule has 1 rings (SSSR count). The van der Waals surface area contributed by atoms with Gasteiger partial charge in [0.1, 0.15) is 0 Å². The van der Waals surface area contributed by atoms with E-state index in [0.29, 0.717) is 6.42 Å². The normalized spacial score (nSPS) is 10.1. The fraction of sp³-hybridized carbons (Fsp3) is 0.400. The molecule has 0 aliphatic carbocycles. The quantitative estimate of drug-likeness (QED) is 0.586. The molecule has 1 aromatic rings. The maximum absolute atomic E-state index is 10.7. The third kappa shape index (κ3) is 2.29. The van der Waals surface area contributed by atoms with E-state index in [1.54, 1.807) is 12.1 Å². The van der Waals surface area contributed by atoms with Gasteiger partial charge in [0.2, 0.25) is 0 Å². The summed E-state index contributed by atoms with van der Waals surface area (Å²) in [6, 6.07) is 5.17. The molecule has 14 heavy (non-hydrogen) atoms. The molecule has 0 bridgehead atoms. The van der Waals surface area contributed by atoms with Crippen molar-refractivity contribution in [1.29, 1.82) is 0 Å². The number of hydrogen-bond acceptors (Lipinski definition) is 3. The Labute approximate surface area is 83.1 Å². The predicted octanol–water partition coefficient (Wildman–Crippen LogP) is 1.67. The SMILES string of the molecule is CNCCc1c(C)cccc1[N+](=O)[O-]. The van der Waals surface area contributed by atoms with Crippen LogP contribution in [0.15, 0.2) is 18.2 Å². The van der Waals surface area contributed by atoms with Crippen LogP contribution in [0.5, 0.6) is 0 Å². The van der Waals surface area contributed by atoms with Gasteiger partial charge in [-0.1, -0.05) is 12.1 Å². The first-order valence-electron chi connectivity index (χ1n) is 4.54. The van der Waals surface area contributed by atoms with Gasteiger partial charge >= 0.3 is 0 Å². The van der Waals surface area contributed by atoms with E-state index in [-0.39, 0.29) is 10.6 Å². The number of nitro benzene ring substituents is 1. The lowest BCUT2D eigenvalue weighted by Gasteiger charge is -2.05. The van der Waals surface area contributed by atoms with Gasteiger partial charge in [0.15, 0.2) is 0 Å². The summed E-state index contributed by atoms with van der Waals surface area (Å²) in [5.74, 6) is 0. The van der Waals surface area contributed by atoms with Gasteiger partial charge in [-0.2, -0.15) is 0 Å². The van der Waals surface area contributed by atoms with Crippen LogP contribution in [0.25, 0.3) is 0 Å². The number of nitrogens with zero attached hydrogens (tertiary/aromatic N) is 1. The van der Waals surface area contributed by atoms with Crippen LogP contribution < -0.4 is 5.32 Å². The summed E-state index contributed by atoms with van der Waals surface area (Å²) >= 11 is 0. The van der Waals surface area contributed by atoms with Gasteiger partial charge < -0.3 is 5.32 Å². The molecule has 4 nitrogen and oxygen atoms in total. The van der Waals surface area contributed by atoms with Crippen molar-refractivity contribution >= 4 is 5.69 Å². The Hall–Kier alpha value is -1.42. The van der Waals surface area contributed by atoms with Gasteiger partial charge in [-0.3, -0.25) is 10.1 Å². The zero-order chi connectivity index (χ0) is 10.6. The maximum Gasteiger partial charge on any atom is 0.272 e. The van der Waals surface area contributed by atoms with Crippen LogP contribution in [0.2, 0.25) is 0 Å². The Morgan fingerprint density at radius 1 is 1.50 bits per heavy atom. The minimum atomic E-state index is -0.321.